The van der Waals surface area contributed by atoms with Crippen LogP contribution in [0.2, 0.25) is 0 Å². The molecule has 2 rings (SSSR count). The first-order chi connectivity index (χ1) is 7.81. The largest absolute Gasteiger partial charge is 0.461 e. The van der Waals surface area contributed by atoms with E-state index in [0.717, 1.165) is 25.9 Å². The van der Waals surface area contributed by atoms with E-state index < -0.39 is 5.97 Å². The Balaban J connectivity index is 2.03. The van der Waals surface area contributed by atoms with Crippen molar-refractivity contribution in [1.82, 2.24) is 20.3 Å². The Morgan fingerprint density at radius 3 is 3.06 bits per heavy atom. The Morgan fingerprint density at radius 2 is 2.38 bits per heavy atom. The van der Waals surface area contributed by atoms with Crippen molar-refractivity contribution in [1.29, 1.82) is 0 Å². The third kappa shape index (κ3) is 2.38. The average Bonchev–Trinajstić information content (AvgIpc) is 2.80. The Hall–Kier alpha value is -1.43. The first-order valence-corrected chi connectivity index (χ1v) is 5.61. The number of esters is 1. The maximum Gasteiger partial charge on any atom is 0.360 e. The molecule has 1 aliphatic rings. The Labute approximate surface area is 94.0 Å². The molecule has 1 N–H and O–H groups in total. The van der Waals surface area contributed by atoms with Gasteiger partial charge in [0.2, 0.25) is 0 Å². The van der Waals surface area contributed by atoms with Gasteiger partial charge in [0.05, 0.1) is 18.8 Å². The number of hydrogen-bond acceptors (Lipinski definition) is 5. The van der Waals surface area contributed by atoms with E-state index in [9.17, 15) is 4.79 Å². The summed E-state index contributed by atoms with van der Waals surface area (Å²) in [5.74, 6) is -0.400. The minimum absolute atomic E-state index is 0.292. The number of nitrogens with one attached hydrogen (secondary N) is 1. The molecular weight excluding hydrogens is 208 g/mol. The topological polar surface area (TPSA) is 69.0 Å². The van der Waals surface area contributed by atoms with Crippen LogP contribution >= 0.6 is 0 Å². The van der Waals surface area contributed by atoms with Crippen LogP contribution in [0.4, 0.5) is 0 Å². The standard InChI is InChI=1S/C10H16N4O2/c1-2-16-10(15)9-7-14(13-12-9)8-3-5-11-6-4-8/h7-8,11H,2-6H2,1H3. The quantitative estimate of drug-likeness (QED) is 0.752. The van der Waals surface area contributed by atoms with Gasteiger partial charge in [-0.1, -0.05) is 5.21 Å². The number of nitrogens with zero attached hydrogens (tertiary/aromatic N) is 3. The summed E-state index contributed by atoms with van der Waals surface area (Å²) in [7, 11) is 0. The van der Waals surface area contributed by atoms with Crippen molar-refractivity contribution in [3.8, 4) is 0 Å². The molecule has 1 fully saturated rings. The van der Waals surface area contributed by atoms with Crippen molar-refractivity contribution in [2.24, 2.45) is 0 Å². The fraction of sp³-hybridized carbons (Fsp3) is 0.700. The third-order valence-electron chi connectivity index (χ3n) is 2.68. The molecule has 1 aliphatic heterocycles. The maximum atomic E-state index is 11.4. The van der Waals surface area contributed by atoms with Gasteiger partial charge in [-0.25, -0.2) is 9.48 Å². The molecule has 1 aromatic heterocycles. The maximum absolute atomic E-state index is 11.4. The molecule has 2 heterocycles. The summed E-state index contributed by atoms with van der Waals surface area (Å²) in [6.07, 6.45) is 3.71. The molecular formula is C10H16N4O2. The summed E-state index contributed by atoms with van der Waals surface area (Å²) in [6.45, 7) is 4.10. The minimum Gasteiger partial charge on any atom is -0.461 e. The van der Waals surface area contributed by atoms with Crippen LogP contribution in [0.15, 0.2) is 6.20 Å². The van der Waals surface area contributed by atoms with Gasteiger partial charge >= 0.3 is 5.97 Å². The lowest BCUT2D eigenvalue weighted by Gasteiger charge is -2.21. The SMILES string of the molecule is CCOC(=O)c1cn(C2CCNCC2)nn1. The van der Waals surface area contributed by atoms with Gasteiger partial charge in [-0.3, -0.25) is 0 Å². The monoisotopic (exact) mass is 224 g/mol. The highest BCUT2D eigenvalue weighted by molar-refractivity contribution is 5.86. The van der Waals surface area contributed by atoms with Crippen molar-refractivity contribution in [3.05, 3.63) is 11.9 Å². The summed E-state index contributed by atoms with van der Waals surface area (Å²) in [5.41, 5.74) is 0.292. The summed E-state index contributed by atoms with van der Waals surface area (Å²) in [6, 6.07) is 0.344. The molecule has 0 aromatic carbocycles. The summed E-state index contributed by atoms with van der Waals surface area (Å²) < 4.78 is 6.63. The zero-order valence-corrected chi connectivity index (χ0v) is 9.35. The van der Waals surface area contributed by atoms with Crippen LogP contribution in [0.1, 0.15) is 36.3 Å². The van der Waals surface area contributed by atoms with Crippen molar-refractivity contribution in [3.63, 3.8) is 0 Å². The highest BCUT2D eigenvalue weighted by Gasteiger charge is 2.18. The van der Waals surface area contributed by atoms with E-state index in [2.05, 4.69) is 15.6 Å². The Morgan fingerprint density at radius 1 is 1.62 bits per heavy atom. The van der Waals surface area contributed by atoms with Gasteiger partial charge in [0, 0.05) is 0 Å². The molecule has 1 aromatic rings. The molecule has 0 spiro atoms. The Kier molecular flexibility index (Phi) is 3.51. The first-order valence-electron chi connectivity index (χ1n) is 5.61. The first kappa shape index (κ1) is 11.1. The molecule has 0 saturated carbocycles. The predicted molar refractivity (Wildman–Crippen MR) is 57.1 cm³/mol. The highest BCUT2D eigenvalue weighted by Crippen LogP contribution is 2.17. The molecule has 0 bridgehead atoms. The smallest absolute Gasteiger partial charge is 0.360 e. The molecule has 0 unspecified atom stereocenters. The van der Waals surface area contributed by atoms with Gasteiger partial charge in [-0.05, 0) is 32.9 Å². The number of carbonyl (C=O) groups is 1. The van der Waals surface area contributed by atoms with E-state index in [1.807, 2.05) is 0 Å². The van der Waals surface area contributed by atoms with E-state index in [0.29, 0.717) is 18.3 Å². The van der Waals surface area contributed by atoms with Gasteiger partial charge in [0.15, 0.2) is 5.69 Å². The summed E-state index contributed by atoms with van der Waals surface area (Å²) >= 11 is 0. The molecule has 88 valence electrons. The minimum atomic E-state index is -0.400. The molecule has 0 radical (unpaired) electrons. The van der Waals surface area contributed by atoms with Crippen LogP contribution in [-0.4, -0.2) is 40.7 Å². The van der Waals surface area contributed by atoms with Gasteiger partial charge in [0.1, 0.15) is 0 Å². The second-order valence-corrected chi connectivity index (χ2v) is 3.79. The van der Waals surface area contributed by atoms with Crippen LogP contribution in [-0.2, 0) is 4.74 Å². The number of hydrogen-bond donors (Lipinski definition) is 1. The number of ether oxygens (including phenoxy) is 1. The second-order valence-electron chi connectivity index (χ2n) is 3.79. The molecule has 0 aliphatic carbocycles. The van der Waals surface area contributed by atoms with E-state index in [1.165, 1.54) is 0 Å². The van der Waals surface area contributed by atoms with E-state index in [1.54, 1.807) is 17.8 Å². The van der Waals surface area contributed by atoms with Gasteiger partial charge in [-0.15, -0.1) is 5.10 Å². The Bertz CT molecular complexity index is 357. The van der Waals surface area contributed by atoms with Crippen LogP contribution in [0.5, 0.6) is 0 Å². The van der Waals surface area contributed by atoms with Gasteiger partial charge in [0.25, 0.3) is 0 Å². The van der Waals surface area contributed by atoms with Crippen LogP contribution in [0.3, 0.4) is 0 Å². The summed E-state index contributed by atoms with van der Waals surface area (Å²) in [4.78, 5) is 11.4. The lowest BCUT2D eigenvalue weighted by molar-refractivity contribution is 0.0519. The zero-order valence-electron chi connectivity index (χ0n) is 9.35. The molecule has 6 nitrogen and oxygen atoms in total. The fourth-order valence-electron chi connectivity index (χ4n) is 1.82. The number of piperidine rings is 1. The van der Waals surface area contributed by atoms with Crippen molar-refractivity contribution in [2.75, 3.05) is 19.7 Å². The van der Waals surface area contributed by atoms with E-state index in [4.69, 9.17) is 4.74 Å². The van der Waals surface area contributed by atoms with Crippen molar-refractivity contribution >= 4 is 5.97 Å². The normalized spacial score (nSPS) is 17.3. The van der Waals surface area contributed by atoms with Crippen LogP contribution in [0, 0.1) is 0 Å². The summed E-state index contributed by atoms with van der Waals surface area (Å²) in [5, 5.41) is 11.1. The number of aromatic nitrogens is 3. The molecule has 0 amide bonds. The van der Waals surface area contributed by atoms with Gasteiger partial charge in [-0.2, -0.15) is 0 Å². The average molecular weight is 224 g/mol. The molecule has 6 heteroatoms. The van der Waals surface area contributed by atoms with E-state index >= 15 is 0 Å². The third-order valence-corrected chi connectivity index (χ3v) is 2.68. The lowest BCUT2D eigenvalue weighted by Crippen LogP contribution is -2.29. The highest BCUT2D eigenvalue weighted by atomic mass is 16.5. The zero-order chi connectivity index (χ0) is 11.4. The number of rotatable bonds is 3. The van der Waals surface area contributed by atoms with Crippen LogP contribution in [0.25, 0.3) is 0 Å². The fourth-order valence-corrected chi connectivity index (χ4v) is 1.82. The van der Waals surface area contributed by atoms with Crippen molar-refractivity contribution in [2.45, 2.75) is 25.8 Å². The second kappa shape index (κ2) is 5.07. The van der Waals surface area contributed by atoms with E-state index in [-0.39, 0.29) is 0 Å². The molecule has 0 atom stereocenters. The molecule has 16 heavy (non-hydrogen) atoms. The van der Waals surface area contributed by atoms with Gasteiger partial charge < -0.3 is 10.1 Å². The number of carbonyl (C=O) groups excluding carboxylic acids is 1. The lowest BCUT2D eigenvalue weighted by atomic mass is 10.1. The molecule has 1 saturated heterocycles. The van der Waals surface area contributed by atoms with Crippen molar-refractivity contribution < 1.29 is 9.53 Å². The van der Waals surface area contributed by atoms with Crippen LogP contribution < -0.4 is 5.32 Å². The predicted octanol–water partition coefficient (Wildman–Crippen LogP) is 0.379.